The number of imidazole rings is 1. The maximum absolute atomic E-state index is 6.62. The van der Waals surface area contributed by atoms with Crippen LogP contribution in [0.15, 0.2) is 91.0 Å². The minimum atomic E-state index is -0.535. The number of hydrogen-bond donors (Lipinski definition) is 0. The van der Waals surface area contributed by atoms with Crippen molar-refractivity contribution in [3.8, 4) is 22.5 Å². The predicted molar refractivity (Wildman–Crippen MR) is 162 cm³/mol. The molecule has 6 heteroatoms. The molecule has 1 unspecified atom stereocenters. The zero-order valence-corrected chi connectivity index (χ0v) is 24.2. The monoisotopic (exact) mass is 551 g/mol. The van der Waals surface area contributed by atoms with Crippen LogP contribution in [0.4, 0.5) is 0 Å². The Bertz CT molecular complexity index is 1380. The predicted octanol–water partition coefficient (Wildman–Crippen LogP) is 6.68. The topological polar surface area (TPSA) is 48.8 Å². The first-order valence-electron chi connectivity index (χ1n) is 14.9. The van der Waals surface area contributed by atoms with Crippen molar-refractivity contribution < 1.29 is 14.2 Å². The molecule has 0 aliphatic carbocycles. The molecule has 6 rings (SSSR count). The van der Waals surface area contributed by atoms with Gasteiger partial charge in [0.2, 0.25) is 6.29 Å². The number of benzene rings is 3. The molecule has 6 nitrogen and oxygen atoms in total. The normalized spacial score (nSPS) is 22.4. The molecule has 41 heavy (non-hydrogen) atoms. The fourth-order valence-corrected chi connectivity index (χ4v) is 6.21. The van der Waals surface area contributed by atoms with Crippen molar-refractivity contribution in [3.05, 3.63) is 102 Å². The van der Waals surface area contributed by atoms with Crippen LogP contribution in [0.3, 0.4) is 0 Å². The molecule has 1 atom stereocenters. The van der Waals surface area contributed by atoms with E-state index in [9.17, 15) is 0 Å². The molecule has 0 radical (unpaired) electrons. The Balaban J connectivity index is 1.34. The summed E-state index contributed by atoms with van der Waals surface area (Å²) >= 11 is 0. The van der Waals surface area contributed by atoms with E-state index in [1.807, 2.05) is 6.07 Å². The third-order valence-corrected chi connectivity index (χ3v) is 8.68. The van der Waals surface area contributed by atoms with Crippen molar-refractivity contribution in [3.63, 3.8) is 0 Å². The summed E-state index contributed by atoms with van der Waals surface area (Å²) < 4.78 is 21.1. The van der Waals surface area contributed by atoms with Crippen LogP contribution >= 0.6 is 0 Å². The van der Waals surface area contributed by atoms with E-state index in [0.29, 0.717) is 25.7 Å². The minimum absolute atomic E-state index is 0.0646. The lowest BCUT2D eigenvalue weighted by Crippen LogP contribution is -2.48. The lowest BCUT2D eigenvalue weighted by atomic mass is 9.76. The Kier molecular flexibility index (Phi) is 8.63. The van der Waals surface area contributed by atoms with E-state index in [2.05, 4.69) is 108 Å². The smallest absolute Gasteiger partial charge is 0.217 e. The molecular weight excluding hydrogens is 510 g/mol. The van der Waals surface area contributed by atoms with Crippen LogP contribution in [0.2, 0.25) is 0 Å². The highest BCUT2D eigenvalue weighted by Gasteiger charge is 2.41. The maximum Gasteiger partial charge on any atom is 0.217 e. The standard InChI is InChI=1S/C35H41N3O3/c1-3-30(24-37-19-21-39-22-20-37)35(2)25-40-34(41-26-35)33-36-31(28-15-9-5-10-16-28)32(29-17-11-6-12-18-29)38(33)23-27-13-7-4-8-14-27/h4-18,30,34H,3,19-26H2,1-2H3. The van der Waals surface area contributed by atoms with Crippen LogP contribution in [0, 0.1) is 11.3 Å². The molecule has 2 fully saturated rings. The van der Waals surface area contributed by atoms with Gasteiger partial charge in [0.25, 0.3) is 0 Å². The number of aromatic nitrogens is 2. The molecule has 4 aromatic rings. The summed E-state index contributed by atoms with van der Waals surface area (Å²) in [6.45, 7) is 11.2. The second kappa shape index (κ2) is 12.7. The van der Waals surface area contributed by atoms with Gasteiger partial charge in [0.05, 0.1) is 37.8 Å². The van der Waals surface area contributed by atoms with Gasteiger partial charge in [-0.3, -0.25) is 4.90 Å². The molecule has 0 bridgehead atoms. The van der Waals surface area contributed by atoms with Gasteiger partial charge in [-0.15, -0.1) is 0 Å². The highest BCUT2D eigenvalue weighted by atomic mass is 16.7. The summed E-state index contributed by atoms with van der Waals surface area (Å²) in [6, 6.07) is 31.5. The molecule has 0 N–H and O–H groups in total. The van der Waals surface area contributed by atoms with Crippen LogP contribution in [0.25, 0.3) is 22.5 Å². The largest absolute Gasteiger partial charge is 0.379 e. The van der Waals surface area contributed by atoms with Crippen LogP contribution in [-0.2, 0) is 20.8 Å². The van der Waals surface area contributed by atoms with E-state index in [4.69, 9.17) is 19.2 Å². The molecule has 214 valence electrons. The van der Waals surface area contributed by atoms with Crippen LogP contribution in [-0.4, -0.2) is 60.5 Å². The zero-order valence-electron chi connectivity index (χ0n) is 24.2. The van der Waals surface area contributed by atoms with Gasteiger partial charge in [0, 0.05) is 42.7 Å². The van der Waals surface area contributed by atoms with Crippen molar-refractivity contribution in [1.82, 2.24) is 14.5 Å². The zero-order chi connectivity index (χ0) is 28.1. The van der Waals surface area contributed by atoms with Gasteiger partial charge in [-0.05, 0) is 11.5 Å². The lowest BCUT2D eigenvalue weighted by Gasteiger charge is -2.44. The van der Waals surface area contributed by atoms with Gasteiger partial charge in [-0.1, -0.05) is 111 Å². The van der Waals surface area contributed by atoms with Crippen LogP contribution in [0.1, 0.15) is 37.9 Å². The van der Waals surface area contributed by atoms with E-state index >= 15 is 0 Å². The summed E-state index contributed by atoms with van der Waals surface area (Å²) in [5.41, 5.74) is 5.37. The summed E-state index contributed by atoms with van der Waals surface area (Å²) in [6.07, 6.45) is 0.553. The molecule has 0 spiro atoms. The van der Waals surface area contributed by atoms with Gasteiger partial charge in [0.15, 0.2) is 5.82 Å². The number of rotatable bonds is 9. The highest BCUT2D eigenvalue weighted by Crippen LogP contribution is 2.41. The molecule has 2 saturated heterocycles. The van der Waals surface area contributed by atoms with E-state index in [1.165, 1.54) is 5.56 Å². The van der Waals surface area contributed by atoms with Gasteiger partial charge in [0.1, 0.15) is 0 Å². The molecule has 1 aromatic heterocycles. The molecule has 2 aliphatic rings. The number of nitrogens with zero attached hydrogens (tertiary/aromatic N) is 3. The van der Waals surface area contributed by atoms with Gasteiger partial charge in [-0.25, -0.2) is 4.98 Å². The first-order chi connectivity index (χ1) is 20.1. The molecular formula is C35H41N3O3. The quantitative estimate of drug-likeness (QED) is 0.232. The second-order valence-electron chi connectivity index (χ2n) is 11.6. The Labute approximate surface area is 243 Å². The Morgan fingerprint density at radius 2 is 1.41 bits per heavy atom. The van der Waals surface area contributed by atoms with E-state index in [-0.39, 0.29) is 5.41 Å². The average molecular weight is 552 g/mol. The molecule has 2 aliphatic heterocycles. The van der Waals surface area contributed by atoms with Crippen LogP contribution in [0.5, 0.6) is 0 Å². The van der Waals surface area contributed by atoms with Gasteiger partial charge in [-0.2, -0.15) is 0 Å². The Morgan fingerprint density at radius 1 is 0.829 bits per heavy atom. The maximum atomic E-state index is 6.62. The fraction of sp³-hybridized carbons (Fsp3) is 0.400. The second-order valence-corrected chi connectivity index (χ2v) is 11.6. The van der Waals surface area contributed by atoms with Crippen molar-refractivity contribution in [2.24, 2.45) is 11.3 Å². The van der Waals surface area contributed by atoms with Crippen molar-refractivity contribution >= 4 is 0 Å². The number of hydrogen-bond acceptors (Lipinski definition) is 5. The summed E-state index contributed by atoms with van der Waals surface area (Å²) in [5.74, 6) is 1.29. The van der Waals surface area contributed by atoms with Crippen molar-refractivity contribution in [1.29, 1.82) is 0 Å². The summed E-state index contributed by atoms with van der Waals surface area (Å²) in [7, 11) is 0. The SMILES string of the molecule is CCC(CN1CCOCC1)C1(C)COC(c2nc(-c3ccccc3)c(-c3ccccc3)n2Cc2ccccc2)OC1. The van der Waals surface area contributed by atoms with Crippen LogP contribution < -0.4 is 0 Å². The number of morpholine rings is 1. The third-order valence-electron chi connectivity index (χ3n) is 8.68. The fourth-order valence-electron chi connectivity index (χ4n) is 6.21. The van der Waals surface area contributed by atoms with Gasteiger partial charge < -0.3 is 18.8 Å². The number of ether oxygens (including phenoxy) is 3. The van der Waals surface area contributed by atoms with E-state index in [0.717, 1.165) is 67.6 Å². The lowest BCUT2D eigenvalue weighted by molar-refractivity contribution is -0.247. The summed E-state index contributed by atoms with van der Waals surface area (Å²) in [4.78, 5) is 7.80. The minimum Gasteiger partial charge on any atom is -0.379 e. The van der Waals surface area contributed by atoms with Crippen molar-refractivity contribution in [2.45, 2.75) is 33.1 Å². The van der Waals surface area contributed by atoms with E-state index < -0.39 is 6.29 Å². The Morgan fingerprint density at radius 3 is 2.02 bits per heavy atom. The van der Waals surface area contributed by atoms with E-state index in [1.54, 1.807) is 0 Å². The first-order valence-corrected chi connectivity index (χ1v) is 14.9. The summed E-state index contributed by atoms with van der Waals surface area (Å²) in [5, 5.41) is 0. The first kappa shape index (κ1) is 27.9. The average Bonchev–Trinajstić information content (AvgIpc) is 3.41. The molecule has 3 aromatic carbocycles. The van der Waals surface area contributed by atoms with Crippen molar-refractivity contribution in [2.75, 3.05) is 46.1 Å². The molecule has 3 heterocycles. The van der Waals surface area contributed by atoms with Gasteiger partial charge >= 0.3 is 0 Å². The third kappa shape index (κ3) is 6.16. The highest BCUT2D eigenvalue weighted by molar-refractivity contribution is 5.79. The molecule has 0 saturated carbocycles. The Hall–Kier alpha value is -3.29. The molecule has 0 amide bonds.